The number of para-hydroxylation sites is 1. The van der Waals surface area contributed by atoms with Gasteiger partial charge in [-0.15, -0.1) is 35.5 Å². The molecule has 6 rings (SSSR count). The molecule has 0 fully saturated rings. The molecule has 0 bridgehead atoms. The van der Waals surface area contributed by atoms with Gasteiger partial charge >= 0.3 is 21.2 Å². The molecular formula is C38H33N7O10S3. The number of aryl methyl sites for hydroxylation is 4. The largest absolute Gasteiger partial charge is 0.505 e. The third-order valence-electron chi connectivity index (χ3n) is 8.00. The van der Waals surface area contributed by atoms with Crippen molar-refractivity contribution in [3.05, 3.63) is 131 Å². The Balaban J connectivity index is 0.000000852. The highest BCUT2D eigenvalue weighted by molar-refractivity contribution is 7.86. The Morgan fingerprint density at radius 2 is 0.897 bits per heavy atom. The van der Waals surface area contributed by atoms with E-state index in [-0.39, 0.29) is 16.3 Å². The van der Waals surface area contributed by atoms with Crippen molar-refractivity contribution in [1.82, 2.24) is 0 Å². The fraction of sp³-hybridized carbons (Fsp3) is 0.105. The summed E-state index contributed by atoms with van der Waals surface area (Å²) in [4.78, 5) is -0.320. The van der Waals surface area contributed by atoms with Crippen molar-refractivity contribution >= 4 is 87.6 Å². The number of phenolic OH excluding ortho intramolecular Hbond substituents is 1. The van der Waals surface area contributed by atoms with Crippen LogP contribution in [-0.4, -0.2) is 43.3 Å². The maximum absolute atomic E-state index is 11.7. The molecule has 0 amide bonds. The Morgan fingerprint density at radius 3 is 1.36 bits per heavy atom. The second kappa shape index (κ2) is 19.8. The van der Waals surface area contributed by atoms with Gasteiger partial charge in [0.15, 0.2) is 5.75 Å². The highest BCUT2D eigenvalue weighted by Crippen LogP contribution is 2.39. The van der Waals surface area contributed by atoms with E-state index in [1.807, 2.05) is 100 Å². The molecule has 6 aromatic carbocycles. The molecule has 0 aliphatic rings. The molecular weight excluding hydrogens is 811 g/mol. The van der Waals surface area contributed by atoms with E-state index in [0.29, 0.717) is 33.8 Å². The second-order valence-electron chi connectivity index (χ2n) is 12.2. The smallest absolute Gasteiger partial charge is 0.425 e. The van der Waals surface area contributed by atoms with Gasteiger partial charge in [0.2, 0.25) is 0 Å². The number of hydrogen-bond donors (Lipinski definition) is 3. The molecule has 0 unspecified atom stereocenters. The molecule has 0 heterocycles. The lowest BCUT2D eigenvalue weighted by molar-refractivity contribution is 0.482. The molecule has 20 heteroatoms. The van der Waals surface area contributed by atoms with E-state index < -0.39 is 31.3 Å². The van der Waals surface area contributed by atoms with Crippen molar-refractivity contribution in [3.8, 4) is 5.75 Å². The van der Waals surface area contributed by atoms with Crippen molar-refractivity contribution in [3.63, 3.8) is 0 Å². The summed E-state index contributed by atoms with van der Waals surface area (Å²) < 4.78 is 83.5. The van der Waals surface area contributed by atoms with E-state index in [2.05, 4.69) is 36.0 Å². The SMILES string of the molecule is Cc1cc(N=Nc2ccccc2S(=O)(=O)O)c(C)cc1N=Nc1cc(C)c(N=Nc2ccc3cc(Nc4ccccc4)ccc3c2O)cc1C.O=S(=O)=O.O=S(=O)=O. The summed E-state index contributed by atoms with van der Waals surface area (Å²) in [7, 11) is -10.7. The Bertz CT molecular complexity index is 2890. The number of nitrogens with one attached hydrogen (secondary N) is 1. The maximum atomic E-state index is 11.7. The molecule has 58 heavy (non-hydrogen) atoms. The van der Waals surface area contributed by atoms with Crippen LogP contribution in [0.4, 0.5) is 45.5 Å². The van der Waals surface area contributed by atoms with Gasteiger partial charge in [-0.1, -0.05) is 36.4 Å². The van der Waals surface area contributed by atoms with Crippen molar-refractivity contribution < 1.29 is 43.3 Å². The number of nitrogens with zero attached hydrogens (tertiary/aromatic N) is 6. The second-order valence-corrected chi connectivity index (χ2v) is 14.4. The molecule has 0 aliphatic carbocycles. The molecule has 0 radical (unpaired) electrons. The van der Waals surface area contributed by atoms with Crippen molar-refractivity contribution in [2.75, 3.05) is 5.32 Å². The highest BCUT2D eigenvalue weighted by atomic mass is 32.2. The van der Waals surface area contributed by atoms with Crippen LogP contribution in [0.25, 0.3) is 10.8 Å². The maximum Gasteiger partial charge on any atom is 0.425 e. The summed E-state index contributed by atoms with van der Waals surface area (Å²) in [5, 5.41) is 42.0. The lowest BCUT2D eigenvalue weighted by Crippen LogP contribution is -1.97. The topological polar surface area (TPSA) is 263 Å². The fourth-order valence-electron chi connectivity index (χ4n) is 5.23. The molecule has 0 atom stereocenters. The van der Waals surface area contributed by atoms with Crippen LogP contribution < -0.4 is 5.32 Å². The molecule has 0 aliphatic heterocycles. The van der Waals surface area contributed by atoms with Gasteiger partial charge in [-0.05, 0) is 128 Å². The molecule has 6 aromatic rings. The van der Waals surface area contributed by atoms with Crippen molar-refractivity contribution in [2.45, 2.75) is 32.6 Å². The third kappa shape index (κ3) is 12.6. The monoisotopic (exact) mass is 843 g/mol. The Morgan fingerprint density at radius 1 is 0.483 bits per heavy atom. The molecule has 3 N–H and O–H groups in total. The zero-order valence-electron chi connectivity index (χ0n) is 31.0. The van der Waals surface area contributed by atoms with Gasteiger partial charge in [0, 0.05) is 16.8 Å². The molecule has 17 nitrogen and oxygen atoms in total. The van der Waals surface area contributed by atoms with Crippen LogP contribution >= 0.6 is 0 Å². The summed E-state index contributed by atoms with van der Waals surface area (Å²) in [5.74, 6) is 0.0541. The molecule has 298 valence electrons. The summed E-state index contributed by atoms with van der Waals surface area (Å²) in [6.07, 6.45) is 0. The number of aromatic hydroxyl groups is 1. The van der Waals surface area contributed by atoms with Gasteiger partial charge in [-0.25, -0.2) is 0 Å². The first-order valence-electron chi connectivity index (χ1n) is 16.6. The van der Waals surface area contributed by atoms with Crippen molar-refractivity contribution in [1.29, 1.82) is 0 Å². The van der Waals surface area contributed by atoms with E-state index in [1.165, 1.54) is 18.2 Å². The first-order valence-corrected chi connectivity index (χ1v) is 20.0. The van der Waals surface area contributed by atoms with Gasteiger partial charge in [0.1, 0.15) is 16.3 Å². The number of hydrogen-bond acceptors (Lipinski definition) is 16. The number of fused-ring (bicyclic) bond motifs is 1. The number of phenols is 1. The van der Waals surface area contributed by atoms with Crippen LogP contribution in [0.15, 0.2) is 145 Å². The Kier molecular flexibility index (Phi) is 15.0. The number of azo groups is 3. The zero-order chi connectivity index (χ0) is 42.6. The summed E-state index contributed by atoms with van der Waals surface area (Å²) in [5.41, 5.74) is 7.95. The van der Waals surface area contributed by atoms with Gasteiger partial charge in [0.25, 0.3) is 10.1 Å². The summed E-state index contributed by atoms with van der Waals surface area (Å²) >= 11 is 0. The lowest BCUT2D eigenvalue weighted by Gasteiger charge is -2.09. The normalized spacial score (nSPS) is 11.3. The van der Waals surface area contributed by atoms with E-state index in [1.54, 1.807) is 18.2 Å². The summed E-state index contributed by atoms with van der Waals surface area (Å²) in [6, 6.07) is 32.5. The minimum atomic E-state index is -4.44. The van der Waals surface area contributed by atoms with E-state index >= 15 is 0 Å². The highest BCUT2D eigenvalue weighted by Gasteiger charge is 2.15. The van der Waals surface area contributed by atoms with E-state index in [0.717, 1.165) is 39.0 Å². The van der Waals surface area contributed by atoms with Gasteiger partial charge in [-0.2, -0.15) is 28.9 Å². The third-order valence-corrected chi connectivity index (χ3v) is 8.90. The van der Waals surface area contributed by atoms with Gasteiger partial charge < -0.3 is 10.4 Å². The first kappa shape index (κ1) is 43.9. The molecule has 0 saturated carbocycles. The van der Waals surface area contributed by atoms with E-state index in [4.69, 9.17) is 25.3 Å². The Hall–Kier alpha value is -6.87. The van der Waals surface area contributed by atoms with Gasteiger partial charge in [-0.3, -0.25) is 4.55 Å². The van der Waals surface area contributed by atoms with Crippen LogP contribution in [0.5, 0.6) is 5.75 Å². The predicted octanol–water partition coefficient (Wildman–Crippen LogP) is 10.0. The van der Waals surface area contributed by atoms with Crippen LogP contribution in [0.3, 0.4) is 0 Å². The summed E-state index contributed by atoms with van der Waals surface area (Å²) in [6.45, 7) is 7.52. The van der Waals surface area contributed by atoms with E-state index in [9.17, 15) is 18.1 Å². The average molecular weight is 844 g/mol. The molecule has 0 aromatic heterocycles. The number of benzene rings is 6. The minimum Gasteiger partial charge on any atom is -0.505 e. The van der Waals surface area contributed by atoms with Crippen LogP contribution in [-0.2, 0) is 31.3 Å². The van der Waals surface area contributed by atoms with Crippen LogP contribution in [0.1, 0.15) is 22.3 Å². The number of rotatable bonds is 9. The molecule has 0 saturated heterocycles. The van der Waals surface area contributed by atoms with Gasteiger partial charge in [0.05, 0.1) is 22.7 Å². The fourth-order valence-corrected chi connectivity index (χ4v) is 5.86. The van der Waals surface area contributed by atoms with Crippen LogP contribution in [0.2, 0.25) is 0 Å². The van der Waals surface area contributed by atoms with Crippen molar-refractivity contribution in [2.24, 2.45) is 30.7 Å². The Labute approximate surface area is 335 Å². The standard InChI is InChI=1S/C38H33N7O4S.2O3S/c1-23-20-35(25(3)18-33(23)42-40-31-12-8-9-13-37(31)50(47,48)49)44-45-36-21-24(2)34(19-26(36)4)43-41-32-17-14-27-22-29(15-16-30(27)38(32)46)39-28-10-6-5-7-11-28;2*1-4(2)3/h5-22,39,46H,1-4H3,(H,47,48,49);;. The average Bonchev–Trinajstić information content (AvgIpc) is 3.15. The minimum absolute atomic E-state index is 0.0322. The first-order chi connectivity index (χ1) is 27.4. The lowest BCUT2D eigenvalue weighted by atomic mass is 10.1. The zero-order valence-corrected chi connectivity index (χ0v) is 33.4. The molecule has 0 spiro atoms. The van der Waals surface area contributed by atoms with Crippen LogP contribution in [0, 0.1) is 27.7 Å². The predicted molar refractivity (Wildman–Crippen MR) is 215 cm³/mol. The number of anilines is 2. The quantitative estimate of drug-likeness (QED) is 0.0910.